The first kappa shape index (κ1) is 16.8. The summed E-state index contributed by atoms with van der Waals surface area (Å²) in [6, 6.07) is 11.6. The number of benzene rings is 2. The van der Waals surface area contributed by atoms with Crippen LogP contribution in [-0.4, -0.2) is 39.0 Å². The van der Waals surface area contributed by atoms with Crippen LogP contribution in [0, 0.1) is 0 Å². The minimum absolute atomic E-state index is 0.287. The highest BCUT2D eigenvalue weighted by Crippen LogP contribution is 2.33. The summed E-state index contributed by atoms with van der Waals surface area (Å²) >= 11 is 0. The van der Waals surface area contributed by atoms with E-state index in [1.165, 1.54) is 0 Å². The van der Waals surface area contributed by atoms with Crippen LogP contribution < -0.4 is 9.47 Å². The van der Waals surface area contributed by atoms with Crippen molar-refractivity contribution in [3.05, 3.63) is 61.1 Å². The molecule has 4 rings (SSSR count). The largest absolute Gasteiger partial charge is 0.486 e. The third-order valence-corrected chi connectivity index (χ3v) is 4.05. The maximum atomic E-state index is 5.89. The Balaban J connectivity index is 1.47. The third-order valence-electron chi connectivity index (χ3n) is 4.05. The monoisotopic (exact) mass is 356 g/mol. The molecule has 0 saturated carbocycles. The van der Waals surface area contributed by atoms with Crippen molar-refractivity contribution in [1.82, 2.24) is 0 Å². The molecule has 0 aliphatic carbocycles. The van der Waals surface area contributed by atoms with Gasteiger partial charge in [0.15, 0.2) is 13.2 Å². The van der Waals surface area contributed by atoms with E-state index < -0.39 is 12.6 Å². The Kier molecular flexibility index (Phi) is 4.69. The molecule has 26 heavy (non-hydrogen) atoms. The predicted molar refractivity (Wildman–Crippen MR) is 94.9 cm³/mol. The van der Waals surface area contributed by atoms with Gasteiger partial charge in [-0.05, 0) is 12.1 Å². The minimum atomic E-state index is -0.429. The first-order chi connectivity index (χ1) is 12.7. The second-order valence-corrected chi connectivity index (χ2v) is 6.02. The van der Waals surface area contributed by atoms with Crippen molar-refractivity contribution >= 4 is 10.8 Å². The molecular weight excluding hydrogens is 336 g/mol. The Morgan fingerprint density at radius 3 is 1.62 bits per heavy atom. The van der Waals surface area contributed by atoms with Crippen molar-refractivity contribution in [3.63, 3.8) is 0 Å². The maximum absolute atomic E-state index is 5.89. The number of hydrogen-bond acceptors (Lipinski definition) is 6. The average molecular weight is 356 g/mol. The zero-order valence-electron chi connectivity index (χ0n) is 14.3. The van der Waals surface area contributed by atoms with Crippen LogP contribution in [0.5, 0.6) is 11.5 Å². The normalized spacial score (nSPS) is 22.3. The van der Waals surface area contributed by atoms with Crippen LogP contribution >= 0.6 is 0 Å². The predicted octanol–water partition coefficient (Wildman–Crippen LogP) is 3.37. The fourth-order valence-electron chi connectivity index (χ4n) is 2.86. The van der Waals surface area contributed by atoms with Gasteiger partial charge in [-0.25, -0.2) is 0 Å². The Labute approximate surface area is 151 Å². The summed E-state index contributed by atoms with van der Waals surface area (Å²) in [5.74, 6) is 2.70. The lowest BCUT2D eigenvalue weighted by molar-refractivity contribution is -0.0598. The van der Waals surface area contributed by atoms with E-state index in [0.717, 1.165) is 22.3 Å². The van der Waals surface area contributed by atoms with Crippen molar-refractivity contribution in [2.75, 3.05) is 26.4 Å². The standard InChI is InChI=1S/C20H20O6/c1-13-9-23-19(25-13)11-21-17-7-3-6-16-15(17)5-4-8-18(16)22-12-20-24-10-14(2)26-20/h3-8,19-20H,1-2,9-12H2. The van der Waals surface area contributed by atoms with Crippen LogP contribution in [0.1, 0.15) is 0 Å². The Hall–Kier alpha value is -2.70. The van der Waals surface area contributed by atoms with Crippen LogP contribution in [0.4, 0.5) is 0 Å². The summed E-state index contributed by atoms with van der Waals surface area (Å²) in [5.41, 5.74) is 0. The molecule has 6 heteroatoms. The van der Waals surface area contributed by atoms with Gasteiger partial charge in [0, 0.05) is 10.8 Å². The van der Waals surface area contributed by atoms with E-state index in [2.05, 4.69) is 13.2 Å². The lowest BCUT2D eigenvalue weighted by Crippen LogP contribution is -2.18. The molecule has 0 N–H and O–H groups in total. The third kappa shape index (κ3) is 3.61. The van der Waals surface area contributed by atoms with Gasteiger partial charge >= 0.3 is 0 Å². The van der Waals surface area contributed by atoms with Gasteiger partial charge < -0.3 is 28.4 Å². The smallest absolute Gasteiger partial charge is 0.234 e. The molecule has 2 aliphatic rings. The zero-order valence-corrected chi connectivity index (χ0v) is 14.3. The van der Waals surface area contributed by atoms with Crippen molar-refractivity contribution in [2.45, 2.75) is 12.6 Å². The molecule has 0 amide bonds. The molecule has 2 heterocycles. The molecule has 0 aromatic heterocycles. The lowest BCUT2D eigenvalue weighted by Gasteiger charge is -2.16. The molecule has 136 valence electrons. The number of fused-ring (bicyclic) bond motifs is 1. The first-order valence-corrected chi connectivity index (χ1v) is 8.38. The van der Waals surface area contributed by atoms with E-state index in [1.807, 2.05) is 36.4 Å². The second-order valence-electron chi connectivity index (χ2n) is 6.02. The van der Waals surface area contributed by atoms with Gasteiger partial charge in [0.1, 0.15) is 36.2 Å². The fraction of sp³-hybridized carbons (Fsp3) is 0.300. The van der Waals surface area contributed by atoms with Gasteiger partial charge in [-0.2, -0.15) is 0 Å². The highest BCUT2D eigenvalue weighted by Gasteiger charge is 2.22. The molecule has 0 radical (unpaired) electrons. The highest BCUT2D eigenvalue weighted by atomic mass is 16.7. The van der Waals surface area contributed by atoms with Crippen molar-refractivity contribution in [2.24, 2.45) is 0 Å². The first-order valence-electron chi connectivity index (χ1n) is 8.38. The molecule has 2 aromatic carbocycles. The molecule has 0 bridgehead atoms. The number of rotatable bonds is 6. The van der Waals surface area contributed by atoms with E-state index in [-0.39, 0.29) is 13.2 Å². The summed E-state index contributed by atoms with van der Waals surface area (Å²) < 4.78 is 33.5. The van der Waals surface area contributed by atoms with Crippen molar-refractivity contribution in [3.8, 4) is 11.5 Å². The average Bonchev–Trinajstić information content (AvgIpc) is 3.26. The Bertz CT molecular complexity index is 761. The van der Waals surface area contributed by atoms with Gasteiger partial charge in [0.05, 0.1) is 0 Å². The quantitative estimate of drug-likeness (QED) is 0.791. The maximum Gasteiger partial charge on any atom is 0.234 e. The van der Waals surface area contributed by atoms with E-state index in [1.54, 1.807) is 0 Å². The van der Waals surface area contributed by atoms with E-state index in [0.29, 0.717) is 24.7 Å². The Morgan fingerprint density at radius 1 is 0.769 bits per heavy atom. The molecule has 0 spiro atoms. The van der Waals surface area contributed by atoms with Gasteiger partial charge in [0.25, 0.3) is 0 Å². The molecular formula is C20H20O6. The summed E-state index contributed by atoms with van der Waals surface area (Å²) in [5, 5.41) is 1.89. The molecule has 2 aliphatic heterocycles. The number of hydrogen-bond donors (Lipinski definition) is 0. The van der Waals surface area contributed by atoms with Crippen LogP contribution in [0.15, 0.2) is 61.1 Å². The summed E-state index contributed by atoms with van der Waals surface area (Å²) in [4.78, 5) is 0. The van der Waals surface area contributed by atoms with Gasteiger partial charge in [0.2, 0.25) is 12.6 Å². The Morgan fingerprint density at radius 2 is 1.23 bits per heavy atom. The highest BCUT2D eigenvalue weighted by molar-refractivity contribution is 5.93. The topological polar surface area (TPSA) is 55.4 Å². The van der Waals surface area contributed by atoms with E-state index >= 15 is 0 Å². The van der Waals surface area contributed by atoms with Crippen LogP contribution in [0.25, 0.3) is 10.8 Å². The van der Waals surface area contributed by atoms with Crippen LogP contribution in [0.3, 0.4) is 0 Å². The summed E-state index contributed by atoms with van der Waals surface area (Å²) in [7, 11) is 0. The molecule has 2 fully saturated rings. The molecule has 2 unspecified atom stereocenters. The van der Waals surface area contributed by atoms with E-state index in [9.17, 15) is 0 Å². The van der Waals surface area contributed by atoms with Crippen molar-refractivity contribution in [1.29, 1.82) is 0 Å². The van der Waals surface area contributed by atoms with Crippen LogP contribution in [-0.2, 0) is 18.9 Å². The second kappa shape index (κ2) is 7.27. The summed E-state index contributed by atoms with van der Waals surface area (Å²) in [6.45, 7) is 8.84. The molecule has 2 aromatic rings. The van der Waals surface area contributed by atoms with Crippen LogP contribution in [0.2, 0.25) is 0 Å². The van der Waals surface area contributed by atoms with Gasteiger partial charge in [-0.15, -0.1) is 0 Å². The SMILES string of the molecule is C=C1COC(COc2cccc3c(OCC4OCC(=C)O4)cccc23)O1. The molecule has 2 atom stereocenters. The number of ether oxygens (including phenoxy) is 6. The fourth-order valence-corrected chi connectivity index (χ4v) is 2.86. The van der Waals surface area contributed by atoms with Gasteiger partial charge in [-0.1, -0.05) is 37.4 Å². The van der Waals surface area contributed by atoms with Crippen molar-refractivity contribution < 1.29 is 28.4 Å². The molecule has 6 nitrogen and oxygen atoms in total. The zero-order chi connectivity index (χ0) is 17.9. The molecule has 2 saturated heterocycles. The minimum Gasteiger partial charge on any atom is -0.486 e. The summed E-state index contributed by atoms with van der Waals surface area (Å²) in [6.07, 6.45) is -0.857. The van der Waals surface area contributed by atoms with Gasteiger partial charge in [-0.3, -0.25) is 0 Å². The van der Waals surface area contributed by atoms with E-state index in [4.69, 9.17) is 28.4 Å². The lowest BCUT2D eigenvalue weighted by atomic mass is 10.1.